The van der Waals surface area contributed by atoms with E-state index in [1.807, 2.05) is 0 Å². The van der Waals surface area contributed by atoms with Crippen molar-refractivity contribution in [3.63, 3.8) is 0 Å². The zero-order chi connectivity index (χ0) is 13.5. The van der Waals surface area contributed by atoms with Crippen molar-refractivity contribution in [2.75, 3.05) is 26.2 Å². The van der Waals surface area contributed by atoms with Gasteiger partial charge in [-0.25, -0.2) is 0 Å². The van der Waals surface area contributed by atoms with E-state index in [1.54, 1.807) is 0 Å². The van der Waals surface area contributed by atoms with Crippen LogP contribution in [0.2, 0.25) is 0 Å². The van der Waals surface area contributed by atoms with Crippen LogP contribution < -0.4 is 11.1 Å². The van der Waals surface area contributed by atoms with Crippen molar-refractivity contribution >= 4 is 5.91 Å². The molecule has 0 aromatic heterocycles. The van der Waals surface area contributed by atoms with Gasteiger partial charge in [0.15, 0.2) is 0 Å². The van der Waals surface area contributed by atoms with Crippen molar-refractivity contribution < 1.29 is 4.79 Å². The lowest BCUT2D eigenvalue weighted by Crippen LogP contribution is -2.44. The lowest BCUT2D eigenvalue weighted by molar-refractivity contribution is -0.122. The minimum atomic E-state index is 0.186. The molecule has 19 heavy (non-hydrogen) atoms. The number of likely N-dealkylation sites (tertiary alicyclic amines) is 1. The standard InChI is InChI=1S/C15H29N3O/c16-14-7-10-18(11-8-14)12-15(19)17-9-6-13-4-2-1-3-5-13/h13-14H,1-12,16H2,(H,17,19). The zero-order valence-electron chi connectivity index (χ0n) is 12.1. The van der Waals surface area contributed by atoms with Crippen molar-refractivity contribution in [3.05, 3.63) is 0 Å². The fourth-order valence-corrected chi connectivity index (χ4v) is 3.26. The van der Waals surface area contributed by atoms with E-state index in [0.717, 1.165) is 44.8 Å². The molecule has 0 spiro atoms. The third-order valence-corrected chi connectivity index (χ3v) is 4.60. The largest absolute Gasteiger partial charge is 0.355 e. The lowest BCUT2D eigenvalue weighted by Gasteiger charge is -2.29. The van der Waals surface area contributed by atoms with E-state index >= 15 is 0 Å². The normalized spacial score (nSPS) is 23.4. The monoisotopic (exact) mass is 267 g/mol. The third kappa shape index (κ3) is 5.49. The molecule has 0 unspecified atom stereocenters. The van der Waals surface area contributed by atoms with Gasteiger partial charge in [0.1, 0.15) is 0 Å². The van der Waals surface area contributed by atoms with Crippen LogP contribution in [0.4, 0.5) is 0 Å². The molecular formula is C15H29N3O. The molecule has 1 heterocycles. The summed E-state index contributed by atoms with van der Waals surface area (Å²) in [6.45, 7) is 3.35. The quantitative estimate of drug-likeness (QED) is 0.793. The van der Waals surface area contributed by atoms with Gasteiger partial charge in [0.05, 0.1) is 6.54 Å². The van der Waals surface area contributed by atoms with Crippen molar-refractivity contribution in [2.45, 2.75) is 57.4 Å². The summed E-state index contributed by atoms with van der Waals surface area (Å²) in [5.41, 5.74) is 5.86. The Morgan fingerprint density at radius 2 is 1.79 bits per heavy atom. The molecule has 1 saturated carbocycles. The number of carbonyl (C=O) groups excluding carboxylic acids is 1. The first-order valence-electron chi connectivity index (χ1n) is 7.98. The molecule has 4 nitrogen and oxygen atoms in total. The molecule has 0 bridgehead atoms. The van der Waals surface area contributed by atoms with Crippen LogP contribution in [0.25, 0.3) is 0 Å². The van der Waals surface area contributed by atoms with Gasteiger partial charge in [-0.3, -0.25) is 9.69 Å². The number of amides is 1. The summed E-state index contributed by atoms with van der Waals surface area (Å²) in [4.78, 5) is 14.1. The maximum absolute atomic E-state index is 11.9. The van der Waals surface area contributed by atoms with Crippen LogP contribution in [0.1, 0.15) is 51.4 Å². The van der Waals surface area contributed by atoms with E-state index in [1.165, 1.54) is 32.1 Å². The summed E-state index contributed by atoms with van der Waals surface area (Å²) in [5.74, 6) is 1.04. The first kappa shape index (κ1) is 14.8. The minimum absolute atomic E-state index is 0.186. The number of nitrogens with zero attached hydrogens (tertiary/aromatic N) is 1. The van der Waals surface area contributed by atoms with Gasteiger partial charge in [0.2, 0.25) is 5.91 Å². The summed E-state index contributed by atoms with van der Waals surface area (Å²) >= 11 is 0. The van der Waals surface area contributed by atoms with E-state index in [0.29, 0.717) is 12.6 Å². The van der Waals surface area contributed by atoms with Crippen LogP contribution in [0.5, 0.6) is 0 Å². The minimum Gasteiger partial charge on any atom is -0.355 e. The second-order valence-corrected chi connectivity index (χ2v) is 6.26. The predicted molar refractivity (Wildman–Crippen MR) is 77.9 cm³/mol. The maximum atomic E-state index is 11.9. The van der Waals surface area contributed by atoms with Crippen molar-refractivity contribution in [2.24, 2.45) is 11.7 Å². The molecule has 110 valence electrons. The van der Waals surface area contributed by atoms with Gasteiger partial charge < -0.3 is 11.1 Å². The molecule has 2 rings (SSSR count). The van der Waals surface area contributed by atoms with Crippen LogP contribution in [-0.2, 0) is 4.79 Å². The van der Waals surface area contributed by atoms with Crippen molar-refractivity contribution in [3.8, 4) is 0 Å². The van der Waals surface area contributed by atoms with E-state index in [2.05, 4.69) is 10.2 Å². The number of hydrogen-bond donors (Lipinski definition) is 2. The molecule has 0 aromatic carbocycles. The molecule has 3 N–H and O–H groups in total. The maximum Gasteiger partial charge on any atom is 0.234 e. The fourth-order valence-electron chi connectivity index (χ4n) is 3.26. The van der Waals surface area contributed by atoms with Gasteiger partial charge in [-0.1, -0.05) is 32.1 Å². The highest BCUT2D eigenvalue weighted by molar-refractivity contribution is 5.77. The molecule has 1 amide bonds. The molecule has 0 aromatic rings. The van der Waals surface area contributed by atoms with Gasteiger partial charge in [-0.05, 0) is 25.2 Å². The number of carbonyl (C=O) groups is 1. The Hall–Kier alpha value is -0.610. The number of nitrogens with two attached hydrogens (primary N) is 1. The van der Waals surface area contributed by atoms with E-state index in [4.69, 9.17) is 5.73 Å². The molecular weight excluding hydrogens is 238 g/mol. The van der Waals surface area contributed by atoms with Gasteiger partial charge in [0.25, 0.3) is 0 Å². The summed E-state index contributed by atoms with van der Waals surface area (Å²) in [6, 6.07) is 0.339. The van der Waals surface area contributed by atoms with Crippen LogP contribution in [-0.4, -0.2) is 43.0 Å². The molecule has 0 atom stereocenters. The predicted octanol–water partition coefficient (Wildman–Crippen LogP) is 1.50. The van der Waals surface area contributed by atoms with Crippen molar-refractivity contribution in [1.82, 2.24) is 10.2 Å². The highest BCUT2D eigenvalue weighted by atomic mass is 16.2. The average molecular weight is 267 g/mol. The molecule has 1 aliphatic carbocycles. The second kappa shape index (κ2) is 7.85. The Labute approximate surface area is 117 Å². The molecule has 0 radical (unpaired) electrons. The average Bonchev–Trinajstić information content (AvgIpc) is 2.43. The molecule has 1 saturated heterocycles. The fraction of sp³-hybridized carbons (Fsp3) is 0.933. The number of piperidine rings is 1. The van der Waals surface area contributed by atoms with Gasteiger partial charge in [-0.2, -0.15) is 0 Å². The summed E-state index contributed by atoms with van der Waals surface area (Å²) in [7, 11) is 0. The van der Waals surface area contributed by atoms with Crippen molar-refractivity contribution in [1.29, 1.82) is 0 Å². The highest BCUT2D eigenvalue weighted by Gasteiger charge is 2.18. The number of hydrogen-bond acceptors (Lipinski definition) is 3. The Bertz CT molecular complexity index is 269. The molecule has 2 aliphatic rings. The summed E-state index contributed by atoms with van der Waals surface area (Å²) in [5, 5.41) is 3.08. The summed E-state index contributed by atoms with van der Waals surface area (Å²) < 4.78 is 0. The van der Waals surface area contributed by atoms with E-state index < -0.39 is 0 Å². The Balaban J connectivity index is 1.54. The van der Waals surface area contributed by atoms with Crippen LogP contribution in [0.15, 0.2) is 0 Å². The molecule has 4 heteroatoms. The van der Waals surface area contributed by atoms with E-state index in [9.17, 15) is 4.79 Å². The van der Waals surface area contributed by atoms with Gasteiger partial charge in [0, 0.05) is 25.7 Å². The first-order valence-corrected chi connectivity index (χ1v) is 7.98. The van der Waals surface area contributed by atoms with Gasteiger partial charge in [-0.15, -0.1) is 0 Å². The number of nitrogens with one attached hydrogen (secondary N) is 1. The Kier molecular flexibility index (Phi) is 6.11. The van der Waals surface area contributed by atoms with Gasteiger partial charge >= 0.3 is 0 Å². The number of rotatable bonds is 5. The third-order valence-electron chi connectivity index (χ3n) is 4.60. The summed E-state index contributed by atoms with van der Waals surface area (Å²) in [6.07, 6.45) is 10.1. The van der Waals surface area contributed by atoms with E-state index in [-0.39, 0.29) is 5.91 Å². The SMILES string of the molecule is NC1CCN(CC(=O)NCCC2CCCCC2)CC1. The van der Waals surface area contributed by atoms with Crippen LogP contribution in [0, 0.1) is 5.92 Å². The highest BCUT2D eigenvalue weighted by Crippen LogP contribution is 2.25. The Morgan fingerprint density at radius 3 is 2.47 bits per heavy atom. The second-order valence-electron chi connectivity index (χ2n) is 6.26. The topological polar surface area (TPSA) is 58.4 Å². The smallest absolute Gasteiger partial charge is 0.234 e. The molecule has 1 aliphatic heterocycles. The Morgan fingerprint density at radius 1 is 1.11 bits per heavy atom. The van der Waals surface area contributed by atoms with Crippen LogP contribution in [0.3, 0.4) is 0 Å². The zero-order valence-corrected chi connectivity index (χ0v) is 12.1. The first-order chi connectivity index (χ1) is 9.24. The lowest BCUT2D eigenvalue weighted by atomic mass is 9.87. The van der Waals surface area contributed by atoms with Crippen LogP contribution >= 0.6 is 0 Å². The molecule has 2 fully saturated rings.